The van der Waals surface area contributed by atoms with E-state index in [2.05, 4.69) is 55.8 Å². The molecule has 0 saturated carbocycles. The van der Waals surface area contributed by atoms with E-state index in [9.17, 15) is 4.79 Å². The summed E-state index contributed by atoms with van der Waals surface area (Å²) in [5.41, 5.74) is 2.18. The third kappa shape index (κ3) is 5.89. The van der Waals surface area contributed by atoms with Gasteiger partial charge in [0.1, 0.15) is 0 Å². The second kappa shape index (κ2) is 10.8. The van der Waals surface area contributed by atoms with E-state index >= 15 is 0 Å². The average Bonchev–Trinajstić information content (AvgIpc) is 3.33. The number of para-hydroxylation sites is 1. The van der Waals surface area contributed by atoms with E-state index in [0.717, 1.165) is 55.7 Å². The molecule has 7 heteroatoms. The van der Waals surface area contributed by atoms with E-state index in [1.165, 1.54) is 4.88 Å². The summed E-state index contributed by atoms with van der Waals surface area (Å²) in [7, 11) is 2.02. The number of benzene rings is 1. The van der Waals surface area contributed by atoms with E-state index in [0.29, 0.717) is 19.1 Å². The van der Waals surface area contributed by atoms with Gasteiger partial charge in [-0.1, -0.05) is 30.3 Å². The quantitative estimate of drug-likeness (QED) is 0.557. The number of pyridine rings is 1. The van der Waals surface area contributed by atoms with Gasteiger partial charge in [-0.2, -0.15) is 0 Å². The maximum Gasteiger partial charge on any atom is 0.234 e. The number of nitrogens with one attached hydrogen (secondary N) is 1. The minimum absolute atomic E-state index is 0.0580. The molecule has 1 saturated heterocycles. The molecule has 6 nitrogen and oxygen atoms in total. The SMILES string of the molecule is CN(CC(=O)NCCc1cccc2cccnc12)CC(c1cccs1)N1CCOCC1. The topological polar surface area (TPSA) is 57.7 Å². The van der Waals surface area contributed by atoms with Crippen molar-refractivity contribution in [2.75, 3.05) is 53.0 Å². The summed E-state index contributed by atoms with van der Waals surface area (Å²) in [5.74, 6) is 0.0580. The average molecular weight is 439 g/mol. The zero-order chi connectivity index (χ0) is 21.5. The molecule has 164 valence electrons. The Balaban J connectivity index is 1.28. The number of amides is 1. The van der Waals surface area contributed by atoms with Crippen molar-refractivity contribution in [1.29, 1.82) is 0 Å². The van der Waals surface area contributed by atoms with Crippen LogP contribution in [-0.2, 0) is 16.0 Å². The molecule has 1 aliphatic heterocycles. The predicted octanol–water partition coefficient (Wildman–Crippen LogP) is 2.96. The zero-order valence-corrected chi connectivity index (χ0v) is 18.8. The van der Waals surface area contributed by atoms with Crippen molar-refractivity contribution < 1.29 is 9.53 Å². The summed E-state index contributed by atoms with van der Waals surface area (Å²) in [6.07, 6.45) is 2.59. The fourth-order valence-corrected chi connectivity index (χ4v) is 4.97. The van der Waals surface area contributed by atoms with Crippen LogP contribution in [0.15, 0.2) is 54.0 Å². The Hall–Kier alpha value is -2.32. The molecular weight excluding hydrogens is 408 g/mol. The Morgan fingerprint density at radius 1 is 1.23 bits per heavy atom. The van der Waals surface area contributed by atoms with Gasteiger partial charge in [0.2, 0.25) is 5.91 Å². The highest BCUT2D eigenvalue weighted by atomic mass is 32.1. The lowest BCUT2D eigenvalue weighted by atomic mass is 10.1. The van der Waals surface area contributed by atoms with Crippen LogP contribution < -0.4 is 5.32 Å². The third-order valence-electron chi connectivity index (χ3n) is 5.69. The van der Waals surface area contributed by atoms with Crippen molar-refractivity contribution in [3.8, 4) is 0 Å². The fourth-order valence-electron chi connectivity index (χ4n) is 4.12. The van der Waals surface area contributed by atoms with Gasteiger partial charge in [-0.05, 0) is 36.5 Å². The van der Waals surface area contributed by atoms with E-state index < -0.39 is 0 Å². The van der Waals surface area contributed by atoms with Gasteiger partial charge in [-0.3, -0.25) is 19.6 Å². The van der Waals surface area contributed by atoms with E-state index in [4.69, 9.17) is 4.74 Å². The molecule has 1 amide bonds. The smallest absolute Gasteiger partial charge is 0.234 e. The number of rotatable bonds is 9. The monoisotopic (exact) mass is 438 g/mol. The Morgan fingerprint density at radius 3 is 2.87 bits per heavy atom. The van der Waals surface area contributed by atoms with Crippen molar-refractivity contribution in [3.63, 3.8) is 0 Å². The van der Waals surface area contributed by atoms with Gasteiger partial charge in [-0.25, -0.2) is 0 Å². The minimum Gasteiger partial charge on any atom is -0.379 e. The van der Waals surface area contributed by atoms with Gasteiger partial charge in [0, 0.05) is 42.6 Å². The van der Waals surface area contributed by atoms with Crippen LogP contribution in [0.1, 0.15) is 16.5 Å². The molecule has 31 heavy (non-hydrogen) atoms. The number of likely N-dealkylation sites (N-methyl/N-ethyl adjacent to an activating group) is 1. The molecule has 1 aromatic carbocycles. The highest BCUT2D eigenvalue weighted by molar-refractivity contribution is 7.10. The molecular formula is C24H30N4O2S. The van der Waals surface area contributed by atoms with Gasteiger partial charge in [0.25, 0.3) is 0 Å². The minimum atomic E-state index is 0.0580. The molecule has 0 radical (unpaired) electrons. The summed E-state index contributed by atoms with van der Waals surface area (Å²) in [4.78, 5) is 23.0. The third-order valence-corrected chi connectivity index (χ3v) is 6.66. The molecule has 3 heterocycles. The molecule has 2 aromatic heterocycles. The Labute approximate surface area is 187 Å². The maximum atomic E-state index is 12.6. The van der Waals surface area contributed by atoms with Gasteiger partial charge < -0.3 is 10.1 Å². The number of morpholine rings is 1. The second-order valence-corrected chi connectivity index (χ2v) is 8.95. The highest BCUT2D eigenvalue weighted by Gasteiger charge is 2.25. The van der Waals surface area contributed by atoms with Gasteiger partial charge in [0.15, 0.2) is 0 Å². The standard InChI is InChI=1S/C24H30N4O2S/c1-27(17-21(22-8-4-16-31-22)28-12-14-30-15-13-28)18-23(29)25-11-9-20-6-2-5-19-7-3-10-26-24(19)20/h2-8,10,16,21H,9,11-15,17-18H2,1H3,(H,25,29). The van der Waals surface area contributed by atoms with E-state index in [1.54, 1.807) is 11.3 Å². The van der Waals surface area contributed by atoms with Crippen LogP contribution in [0.25, 0.3) is 10.9 Å². The Kier molecular flexibility index (Phi) is 7.64. The first-order valence-corrected chi connectivity index (χ1v) is 11.7. The van der Waals surface area contributed by atoms with E-state index in [1.807, 2.05) is 25.4 Å². The Bertz CT molecular complexity index is 967. The lowest BCUT2D eigenvalue weighted by Gasteiger charge is -2.36. The van der Waals surface area contributed by atoms with Crippen LogP contribution in [0, 0.1) is 0 Å². The summed E-state index contributed by atoms with van der Waals surface area (Å²) in [6, 6.07) is 14.8. The summed E-state index contributed by atoms with van der Waals surface area (Å²) in [5, 5.41) is 6.33. The van der Waals surface area contributed by atoms with Gasteiger partial charge in [0.05, 0.1) is 31.3 Å². The van der Waals surface area contributed by atoms with Crippen molar-refractivity contribution >= 4 is 28.1 Å². The molecule has 3 aromatic rings. The van der Waals surface area contributed by atoms with Crippen LogP contribution in [0.5, 0.6) is 0 Å². The Morgan fingerprint density at radius 2 is 2.06 bits per heavy atom. The number of hydrogen-bond donors (Lipinski definition) is 1. The maximum absolute atomic E-state index is 12.6. The number of fused-ring (bicyclic) bond motifs is 1. The number of hydrogen-bond acceptors (Lipinski definition) is 6. The summed E-state index contributed by atoms with van der Waals surface area (Å²) >= 11 is 1.78. The number of carbonyl (C=O) groups is 1. The van der Waals surface area contributed by atoms with Crippen molar-refractivity contribution in [2.24, 2.45) is 0 Å². The molecule has 4 rings (SSSR count). The summed E-state index contributed by atoms with van der Waals surface area (Å²) < 4.78 is 5.52. The number of thiophene rings is 1. The second-order valence-electron chi connectivity index (χ2n) is 7.97. The largest absolute Gasteiger partial charge is 0.379 e. The number of carbonyl (C=O) groups excluding carboxylic acids is 1. The first-order chi connectivity index (χ1) is 15.2. The van der Waals surface area contributed by atoms with Crippen LogP contribution in [0.2, 0.25) is 0 Å². The highest BCUT2D eigenvalue weighted by Crippen LogP contribution is 2.26. The van der Waals surface area contributed by atoms with Crippen molar-refractivity contribution in [3.05, 3.63) is 64.5 Å². The van der Waals surface area contributed by atoms with Crippen LogP contribution in [0.4, 0.5) is 0 Å². The molecule has 0 bridgehead atoms. The van der Waals surface area contributed by atoms with Gasteiger partial charge in [-0.15, -0.1) is 11.3 Å². The van der Waals surface area contributed by atoms with Crippen LogP contribution in [-0.4, -0.2) is 73.7 Å². The van der Waals surface area contributed by atoms with Crippen LogP contribution in [0.3, 0.4) is 0 Å². The zero-order valence-electron chi connectivity index (χ0n) is 18.0. The molecule has 0 aliphatic carbocycles. The number of ether oxygens (including phenoxy) is 1. The lowest BCUT2D eigenvalue weighted by Crippen LogP contribution is -2.44. The molecule has 0 spiro atoms. The molecule has 1 aliphatic rings. The van der Waals surface area contributed by atoms with Gasteiger partial charge >= 0.3 is 0 Å². The normalized spacial score (nSPS) is 15.9. The lowest BCUT2D eigenvalue weighted by molar-refractivity contribution is -0.122. The number of nitrogens with zero attached hydrogens (tertiary/aromatic N) is 3. The first kappa shape index (κ1) is 21.9. The summed E-state index contributed by atoms with van der Waals surface area (Å²) in [6.45, 7) is 5.23. The predicted molar refractivity (Wildman–Crippen MR) is 125 cm³/mol. The molecule has 1 N–H and O–H groups in total. The first-order valence-electron chi connectivity index (χ1n) is 10.8. The van der Waals surface area contributed by atoms with Crippen molar-refractivity contribution in [1.82, 2.24) is 20.1 Å². The van der Waals surface area contributed by atoms with E-state index in [-0.39, 0.29) is 5.91 Å². The molecule has 1 fully saturated rings. The molecule has 1 atom stereocenters. The van der Waals surface area contributed by atoms with Crippen molar-refractivity contribution in [2.45, 2.75) is 12.5 Å². The molecule has 1 unspecified atom stereocenters. The number of aromatic nitrogens is 1. The van der Waals surface area contributed by atoms with Crippen LogP contribution >= 0.6 is 11.3 Å². The fraction of sp³-hybridized carbons (Fsp3) is 0.417.